The van der Waals surface area contributed by atoms with Gasteiger partial charge in [-0.05, 0) is 37.9 Å². The van der Waals surface area contributed by atoms with Crippen molar-refractivity contribution >= 4 is 17.3 Å². The number of amides is 1. The zero-order valence-electron chi connectivity index (χ0n) is 12.3. The normalized spacial score (nSPS) is 22.8. The molecule has 1 unspecified atom stereocenters. The van der Waals surface area contributed by atoms with Gasteiger partial charge in [-0.15, -0.1) is 0 Å². The van der Waals surface area contributed by atoms with Crippen molar-refractivity contribution in [2.45, 2.75) is 32.2 Å². The maximum absolute atomic E-state index is 11.8. The second kappa shape index (κ2) is 5.44. The molecule has 4 nitrogen and oxygen atoms in total. The molecule has 2 aliphatic rings. The molecule has 0 aliphatic carbocycles. The first-order chi connectivity index (χ1) is 9.72. The number of fused-ring (bicyclic) bond motifs is 1. The lowest BCUT2D eigenvalue weighted by Crippen LogP contribution is -2.33. The van der Waals surface area contributed by atoms with Crippen LogP contribution >= 0.6 is 0 Å². The second-order valence-electron chi connectivity index (χ2n) is 5.82. The molecule has 1 amide bonds. The molecule has 0 bridgehead atoms. The molecule has 0 aromatic heterocycles. The summed E-state index contributed by atoms with van der Waals surface area (Å²) in [4.78, 5) is 14.3. The van der Waals surface area contributed by atoms with Crippen LogP contribution in [0.3, 0.4) is 0 Å². The van der Waals surface area contributed by atoms with Crippen molar-refractivity contribution in [3.05, 3.63) is 23.8 Å². The van der Waals surface area contributed by atoms with E-state index in [1.54, 1.807) is 0 Å². The second-order valence-corrected chi connectivity index (χ2v) is 5.82. The van der Waals surface area contributed by atoms with Gasteiger partial charge in [-0.3, -0.25) is 4.79 Å². The summed E-state index contributed by atoms with van der Waals surface area (Å²) < 4.78 is 0. The predicted molar refractivity (Wildman–Crippen MR) is 82.1 cm³/mol. The van der Waals surface area contributed by atoms with Gasteiger partial charge in [-0.1, -0.05) is 19.4 Å². The molecule has 3 rings (SSSR count). The van der Waals surface area contributed by atoms with Crippen LogP contribution in [0.4, 0.5) is 11.4 Å². The van der Waals surface area contributed by atoms with Gasteiger partial charge in [0, 0.05) is 30.0 Å². The van der Waals surface area contributed by atoms with Gasteiger partial charge in [0.15, 0.2) is 0 Å². The number of hydrogen-bond acceptors (Lipinski definition) is 3. The van der Waals surface area contributed by atoms with Crippen molar-refractivity contribution in [1.82, 2.24) is 5.32 Å². The highest BCUT2D eigenvalue weighted by Crippen LogP contribution is 2.35. The molecule has 1 aromatic rings. The molecule has 20 heavy (non-hydrogen) atoms. The predicted octanol–water partition coefficient (Wildman–Crippen LogP) is 2.53. The summed E-state index contributed by atoms with van der Waals surface area (Å²) in [5.74, 6) is 0.929. The third-order valence-corrected chi connectivity index (χ3v) is 4.71. The van der Waals surface area contributed by atoms with Crippen LogP contribution in [0.15, 0.2) is 18.2 Å². The number of anilines is 2. The molecular weight excluding hydrogens is 250 g/mol. The molecule has 2 heterocycles. The number of nitrogens with zero attached hydrogens (tertiary/aromatic N) is 1. The third-order valence-electron chi connectivity index (χ3n) is 4.71. The molecule has 0 saturated carbocycles. The molecule has 0 radical (unpaired) electrons. The molecule has 108 valence electrons. The summed E-state index contributed by atoms with van der Waals surface area (Å²) in [5.41, 5.74) is 3.25. The fraction of sp³-hybridized carbons (Fsp3) is 0.562. The van der Waals surface area contributed by atoms with E-state index in [0.29, 0.717) is 0 Å². The van der Waals surface area contributed by atoms with E-state index < -0.39 is 0 Å². The maximum atomic E-state index is 11.8. The number of piperidine rings is 1. The minimum absolute atomic E-state index is 0.0457. The van der Waals surface area contributed by atoms with E-state index in [1.807, 2.05) is 7.05 Å². The van der Waals surface area contributed by atoms with Crippen LogP contribution in [0, 0.1) is 5.92 Å². The van der Waals surface area contributed by atoms with Gasteiger partial charge >= 0.3 is 0 Å². The minimum Gasteiger partial charge on any atom is -0.371 e. The summed E-state index contributed by atoms with van der Waals surface area (Å²) in [6, 6.07) is 6.15. The van der Waals surface area contributed by atoms with E-state index in [2.05, 4.69) is 40.7 Å². The van der Waals surface area contributed by atoms with E-state index in [4.69, 9.17) is 0 Å². The van der Waals surface area contributed by atoms with Crippen molar-refractivity contribution in [3.8, 4) is 0 Å². The van der Waals surface area contributed by atoms with E-state index in [0.717, 1.165) is 30.3 Å². The minimum atomic E-state index is -0.204. The molecule has 4 heteroatoms. The fourth-order valence-corrected chi connectivity index (χ4v) is 3.33. The molecule has 1 atom stereocenters. The van der Waals surface area contributed by atoms with E-state index in [9.17, 15) is 4.79 Å². The Bertz CT molecular complexity index is 506. The highest BCUT2D eigenvalue weighted by atomic mass is 16.2. The molecule has 0 spiro atoms. The van der Waals surface area contributed by atoms with Gasteiger partial charge in [0.25, 0.3) is 0 Å². The monoisotopic (exact) mass is 273 g/mol. The lowest BCUT2D eigenvalue weighted by atomic mass is 9.94. The van der Waals surface area contributed by atoms with Crippen LogP contribution in [-0.4, -0.2) is 26.0 Å². The van der Waals surface area contributed by atoms with Crippen molar-refractivity contribution in [2.24, 2.45) is 5.92 Å². The number of benzene rings is 1. The SMILES string of the molecule is CCC1CCN(c2ccc3c(c2)NC(=O)C3NC)CC1. The van der Waals surface area contributed by atoms with Crippen LogP contribution in [0.2, 0.25) is 0 Å². The Morgan fingerprint density at radius 2 is 2.10 bits per heavy atom. The van der Waals surface area contributed by atoms with Crippen LogP contribution in [0.1, 0.15) is 37.8 Å². The number of rotatable bonds is 3. The van der Waals surface area contributed by atoms with Gasteiger partial charge in [0.05, 0.1) is 0 Å². The Morgan fingerprint density at radius 1 is 1.35 bits per heavy atom. The van der Waals surface area contributed by atoms with Crippen molar-refractivity contribution in [2.75, 3.05) is 30.4 Å². The number of carbonyl (C=O) groups excluding carboxylic acids is 1. The van der Waals surface area contributed by atoms with Gasteiger partial charge in [0.1, 0.15) is 6.04 Å². The number of carbonyl (C=O) groups is 1. The zero-order chi connectivity index (χ0) is 14.1. The Kier molecular flexibility index (Phi) is 3.66. The van der Waals surface area contributed by atoms with Crippen LogP contribution < -0.4 is 15.5 Å². The largest absolute Gasteiger partial charge is 0.371 e. The van der Waals surface area contributed by atoms with Gasteiger partial charge in [-0.2, -0.15) is 0 Å². The molecule has 2 N–H and O–H groups in total. The van der Waals surface area contributed by atoms with Crippen LogP contribution in [-0.2, 0) is 4.79 Å². The maximum Gasteiger partial charge on any atom is 0.246 e. The lowest BCUT2D eigenvalue weighted by molar-refractivity contribution is -0.117. The first-order valence-electron chi connectivity index (χ1n) is 7.60. The highest BCUT2D eigenvalue weighted by molar-refractivity contribution is 6.03. The summed E-state index contributed by atoms with van der Waals surface area (Å²) in [5, 5.41) is 6.03. The molecule has 1 aromatic carbocycles. The number of nitrogens with one attached hydrogen (secondary N) is 2. The van der Waals surface area contributed by atoms with Gasteiger partial charge in [-0.25, -0.2) is 0 Å². The number of likely N-dealkylation sites (N-methyl/N-ethyl adjacent to an activating group) is 1. The van der Waals surface area contributed by atoms with E-state index >= 15 is 0 Å². The van der Waals surface area contributed by atoms with Crippen LogP contribution in [0.5, 0.6) is 0 Å². The first kappa shape index (κ1) is 13.4. The van der Waals surface area contributed by atoms with Crippen molar-refractivity contribution < 1.29 is 4.79 Å². The Labute approximate surface area is 120 Å². The van der Waals surface area contributed by atoms with E-state index in [1.165, 1.54) is 24.9 Å². The average Bonchev–Trinajstić information content (AvgIpc) is 2.81. The van der Waals surface area contributed by atoms with Gasteiger partial charge < -0.3 is 15.5 Å². The summed E-state index contributed by atoms with van der Waals surface area (Å²) in [6.45, 7) is 4.53. The lowest BCUT2D eigenvalue weighted by Gasteiger charge is -2.33. The molecule has 1 fully saturated rings. The topological polar surface area (TPSA) is 44.4 Å². The summed E-state index contributed by atoms with van der Waals surface area (Å²) in [7, 11) is 1.82. The van der Waals surface area contributed by atoms with Crippen molar-refractivity contribution in [1.29, 1.82) is 0 Å². The zero-order valence-corrected chi connectivity index (χ0v) is 12.3. The quantitative estimate of drug-likeness (QED) is 0.889. The third kappa shape index (κ3) is 2.29. The van der Waals surface area contributed by atoms with Crippen LogP contribution in [0.25, 0.3) is 0 Å². The average molecular weight is 273 g/mol. The van der Waals surface area contributed by atoms with Crippen molar-refractivity contribution in [3.63, 3.8) is 0 Å². The Hall–Kier alpha value is -1.55. The highest BCUT2D eigenvalue weighted by Gasteiger charge is 2.29. The summed E-state index contributed by atoms with van der Waals surface area (Å²) >= 11 is 0. The Morgan fingerprint density at radius 3 is 2.75 bits per heavy atom. The molecular formula is C16H23N3O. The first-order valence-corrected chi connectivity index (χ1v) is 7.60. The Balaban J connectivity index is 1.77. The smallest absolute Gasteiger partial charge is 0.246 e. The van der Waals surface area contributed by atoms with Gasteiger partial charge in [0.2, 0.25) is 5.91 Å². The van der Waals surface area contributed by atoms with E-state index in [-0.39, 0.29) is 11.9 Å². The molecule has 1 saturated heterocycles. The fourth-order valence-electron chi connectivity index (χ4n) is 3.33. The summed E-state index contributed by atoms with van der Waals surface area (Å²) in [6.07, 6.45) is 3.84. The number of hydrogen-bond donors (Lipinski definition) is 2. The molecule has 2 aliphatic heterocycles. The standard InChI is InChI=1S/C16H23N3O/c1-3-11-6-8-19(9-7-11)12-4-5-13-14(10-12)18-16(20)15(13)17-2/h4-5,10-11,15,17H,3,6-9H2,1-2H3,(H,18,20).